The van der Waals surface area contributed by atoms with Crippen molar-refractivity contribution in [1.29, 1.82) is 0 Å². The highest BCUT2D eigenvalue weighted by Crippen LogP contribution is 2.29. The molecule has 1 aromatic carbocycles. The number of imidazole rings is 1. The Balaban J connectivity index is 1.69. The van der Waals surface area contributed by atoms with Gasteiger partial charge in [0.1, 0.15) is 5.52 Å². The van der Waals surface area contributed by atoms with E-state index in [4.69, 9.17) is 10.4 Å². The van der Waals surface area contributed by atoms with E-state index >= 15 is 0 Å². The molecule has 4 rings (SSSR count). The van der Waals surface area contributed by atoms with Crippen LogP contribution in [0.1, 0.15) is 12.5 Å². The molecule has 7 nitrogen and oxygen atoms in total. The van der Waals surface area contributed by atoms with Gasteiger partial charge < -0.3 is 10.3 Å². The van der Waals surface area contributed by atoms with E-state index in [-0.39, 0.29) is 5.82 Å². The van der Waals surface area contributed by atoms with Crippen molar-refractivity contribution in [3.8, 4) is 11.5 Å². The third-order valence-corrected chi connectivity index (χ3v) is 4.88. The molecule has 0 spiro atoms. The second-order valence-corrected chi connectivity index (χ2v) is 6.46. The van der Waals surface area contributed by atoms with Crippen LogP contribution >= 0.6 is 11.8 Å². The van der Waals surface area contributed by atoms with Crippen LogP contribution in [-0.4, -0.2) is 24.8 Å². The summed E-state index contributed by atoms with van der Waals surface area (Å²) >= 11 is 1.69. The van der Waals surface area contributed by atoms with E-state index in [0.717, 1.165) is 28.4 Å². The van der Waals surface area contributed by atoms with Gasteiger partial charge in [0.2, 0.25) is 0 Å². The molecule has 2 N–H and O–H groups in total. The fraction of sp³-hybridized carbons (Fsp3) is 0.176. The number of nitrogen functional groups attached to an aromatic ring is 1. The van der Waals surface area contributed by atoms with Crippen molar-refractivity contribution in [3.05, 3.63) is 48.2 Å². The zero-order chi connectivity index (χ0) is 17.2. The second kappa shape index (κ2) is 6.56. The predicted molar refractivity (Wildman–Crippen MR) is 96.9 cm³/mol. The first-order valence-electron chi connectivity index (χ1n) is 7.87. The topological polar surface area (TPSA) is 95.7 Å². The van der Waals surface area contributed by atoms with Gasteiger partial charge in [0.05, 0.1) is 16.7 Å². The van der Waals surface area contributed by atoms with Crippen molar-refractivity contribution in [3.63, 3.8) is 0 Å². The molecule has 4 aromatic rings. The average Bonchev–Trinajstić information content (AvgIpc) is 3.23. The number of thioether (sulfide) groups is 1. The van der Waals surface area contributed by atoms with Gasteiger partial charge in [-0.25, -0.2) is 14.6 Å². The molecule has 126 valence electrons. The summed E-state index contributed by atoms with van der Waals surface area (Å²) in [5.41, 5.74) is 9.32. The zero-order valence-corrected chi connectivity index (χ0v) is 14.4. The lowest BCUT2D eigenvalue weighted by Gasteiger charge is -2.05. The fourth-order valence-corrected chi connectivity index (χ4v) is 3.50. The Morgan fingerprint density at radius 3 is 2.76 bits per heavy atom. The molecule has 0 atom stereocenters. The van der Waals surface area contributed by atoms with Crippen LogP contribution in [0, 0.1) is 0 Å². The van der Waals surface area contributed by atoms with Crippen LogP contribution in [0.15, 0.2) is 52.3 Å². The minimum atomic E-state index is 0.233. The van der Waals surface area contributed by atoms with Crippen molar-refractivity contribution >= 4 is 28.6 Å². The van der Waals surface area contributed by atoms with E-state index in [1.807, 2.05) is 35.8 Å². The first-order valence-corrected chi connectivity index (χ1v) is 8.86. The Hall–Kier alpha value is -2.87. The van der Waals surface area contributed by atoms with Crippen molar-refractivity contribution in [2.45, 2.75) is 24.2 Å². The second-order valence-electron chi connectivity index (χ2n) is 5.46. The first kappa shape index (κ1) is 15.6. The fourth-order valence-electron chi connectivity index (χ4n) is 2.67. The van der Waals surface area contributed by atoms with Crippen molar-refractivity contribution in [1.82, 2.24) is 24.8 Å². The van der Waals surface area contributed by atoms with Crippen LogP contribution in [0.25, 0.3) is 22.6 Å². The van der Waals surface area contributed by atoms with E-state index in [2.05, 4.69) is 32.4 Å². The van der Waals surface area contributed by atoms with Crippen molar-refractivity contribution < 1.29 is 4.63 Å². The van der Waals surface area contributed by atoms with Gasteiger partial charge in [-0.3, -0.25) is 0 Å². The van der Waals surface area contributed by atoms with E-state index in [9.17, 15) is 0 Å². The zero-order valence-electron chi connectivity index (χ0n) is 13.6. The molecule has 0 amide bonds. The lowest BCUT2D eigenvalue weighted by atomic mass is 10.2. The lowest BCUT2D eigenvalue weighted by molar-refractivity contribution is 0.310. The molecule has 0 aliphatic carbocycles. The van der Waals surface area contributed by atoms with Crippen molar-refractivity contribution in [2.75, 3.05) is 5.73 Å². The molecule has 0 aliphatic heterocycles. The smallest absolute Gasteiger partial charge is 0.199 e. The molecule has 0 radical (unpaired) electrons. The van der Waals surface area contributed by atoms with Crippen molar-refractivity contribution in [2.24, 2.45) is 0 Å². The quantitative estimate of drug-likeness (QED) is 0.550. The van der Waals surface area contributed by atoms with Gasteiger partial charge in [0, 0.05) is 12.3 Å². The number of nitrogens with two attached hydrogens (primary N) is 1. The maximum absolute atomic E-state index is 5.82. The lowest BCUT2D eigenvalue weighted by Crippen LogP contribution is -2.00. The normalized spacial score (nSPS) is 11.2. The molecule has 3 aromatic heterocycles. The molecule has 0 bridgehead atoms. The van der Waals surface area contributed by atoms with Crippen LogP contribution in [0.5, 0.6) is 0 Å². The number of benzene rings is 1. The summed E-state index contributed by atoms with van der Waals surface area (Å²) in [6.45, 7) is 2.77. The van der Waals surface area contributed by atoms with E-state index in [0.29, 0.717) is 11.5 Å². The number of aromatic nitrogens is 5. The third kappa shape index (κ3) is 2.96. The number of hydrogen-bond acceptors (Lipinski definition) is 7. The molecule has 0 aliphatic rings. The van der Waals surface area contributed by atoms with E-state index in [1.165, 1.54) is 5.56 Å². The molecule has 8 heteroatoms. The summed E-state index contributed by atoms with van der Waals surface area (Å²) in [5, 5.41) is 8.45. The van der Waals surface area contributed by atoms with Gasteiger partial charge >= 0.3 is 0 Å². The Morgan fingerprint density at radius 2 is 2.04 bits per heavy atom. The summed E-state index contributed by atoms with van der Waals surface area (Å²) in [6.07, 6.45) is 1.78. The molecule has 0 unspecified atom stereocenters. The highest BCUT2D eigenvalue weighted by molar-refractivity contribution is 7.98. The van der Waals surface area contributed by atoms with Crippen LogP contribution in [0.3, 0.4) is 0 Å². The van der Waals surface area contributed by atoms with Gasteiger partial charge in [-0.15, -0.1) is 11.8 Å². The van der Waals surface area contributed by atoms with Gasteiger partial charge in [0.25, 0.3) is 0 Å². The molecular weight excluding hydrogens is 336 g/mol. The Bertz CT molecular complexity index is 1010. The maximum Gasteiger partial charge on any atom is 0.199 e. The SMILES string of the molecule is CCn1c(-c2nonc2N)nc2cnc(SCc3ccccc3)cc21. The Kier molecular flexibility index (Phi) is 4.10. The molecule has 0 fully saturated rings. The summed E-state index contributed by atoms with van der Waals surface area (Å²) < 4.78 is 6.75. The van der Waals surface area contributed by atoms with Crippen LogP contribution in [0.2, 0.25) is 0 Å². The van der Waals surface area contributed by atoms with E-state index < -0.39 is 0 Å². The minimum Gasteiger partial charge on any atom is -0.379 e. The monoisotopic (exact) mass is 352 g/mol. The summed E-state index contributed by atoms with van der Waals surface area (Å²) in [7, 11) is 0. The molecule has 3 heterocycles. The predicted octanol–water partition coefficient (Wildman–Crippen LogP) is 3.38. The number of fused-ring (bicyclic) bond motifs is 1. The molecule has 25 heavy (non-hydrogen) atoms. The Labute approximate surface area is 148 Å². The summed E-state index contributed by atoms with van der Waals surface area (Å²) in [4.78, 5) is 9.11. The van der Waals surface area contributed by atoms with Gasteiger partial charge in [-0.1, -0.05) is 30.3 Å². The maximum atomic E-state index is 5.82. The number of hydrogen-bond donors (Lipinski definition) is 1. The van der Waals surface area contributed by atoms with Gasteiger partial charge in [-0.2, -0.15) is 0 Å². The summed E-state index contributed by atoms with van der Waals surface area (Å²) in [5.74, 6) is 1.74. The van der Waals surface area contributed by atoms with Gasteiger partial charge in [0.15, 0.2) is 17.3 Å². The van der Waals surface area contributed by atoms with Crippen LogP contribution in [0.4, 0.5) is 5.82 Å². The standard InChI is InChI=1S/C17H16N6OS/c1-2-23-13-8-14(25-10-11-6-4-3-5-7-11)19-9-12(13)20-17(23)15-16(18)22-24-21-15/h3-9H,2,10H2,1H3,(H2,18,22). The highest BCUT2D eigenvalue weighted by Gasteiger charge is 2.18. The third-order valence-electron chi connectivity index (χ3n) is 3.88. The number of pyridine rings is 1. The largest absolute Gasteiger partial charge is 0.379 e. The summed E-state index contributed by atoms with van der Waals surface area (Å²) in [6, 6.07) is 12.4. The minimum absolute atomic E-state index is 0.233. The van der Waals surface area contributed by atoms with Gasteiger partial charge in [-0.05, 0) is 28.9 Å². The van der Waals surface area contributed by atoms with Crippen LogP contribution in [-0.2, 0) is 12.3 Å². The number of rotatable bonds is 5. The number of nitrogens with zero attached hydrogens (tertiary/aromatic N) is 5. The number of aryl methyl sites for hydroxylation is 1. The van der Waals surface area contributed by atoms with E-state index in [1.54, 1.807) is 18.0 Å². The number of anilines is 1. The van der Waals surface area contributed by atoms with Crippen LogP contribution < -0.4 is 5.73 Å². The average molecular weight is 352 g/mol. The molecule has 0 saturated heterocycles. The molecule has 0 saturated carbocycles. The Morgan fingerprint density at radius 1 is 1.20 bits per heavy atom. The first-order chi connectivity index (χ1) is 12.3. The molecular formula is C17H16N6OS. The highest BCUT2D eigenvalue weighted by atomic mass is 32.2.